The molecule has 0 heterocycles. The molecule has 17 heavy (non-hydrogen) atoms. The molecule has 5 heteroatoms. The molecule has 0 saturated carbocycles. The Labute approximate surface area is 109 Å². The Kier molecular flexibility index (Phi) is 4.98. The van der Waals surface area contributed by atoms with E-state index in [1.54, 1.807) is 19.2 Å². The molecule has 0 aliphatic heterocycles. The molecule has 0 saturated heterocycles. The topological polar surface area (TPSA) is 62.1 Å². The number of nitriles is 1. The number of benzene rings is 1. The molecular weight excluding hydrogens is 284 g/mol. The van der Waals surface area contributed by atoms with Gasteiger partial charge in [0.05, 0.1) is 18.2 Å². The maximum absolute atomic E-state index is 11.7. The summed E-state index contributed by atoms with van der Waals surface area (Å²) < 4.78 is 5.34. The Bertz CT molecular complexity index is 466. The van der Waals surface area contributed by atoms with Crippen LogP contribution < -0.4 is 10.1 Å². The standard InChI is InChI=1S/C12H13BrN2O2/c1-3-17-9-4-8(7-14)11(6-13)10(5-9)12(16)15-2/h4-5H,3,6H2,1-2H3,(H,15,16). The molecule has 0 radical (unpaired) electrons. The quantitative estimate of drug-likeness (QED) is 0.867. The highest BCUT2D eigenvalue weighted by atomic mass is 79.9. The van der Waals surface area contributed by atoms with Crippen LogP contribution in [0, 0.1) is 11.3 Å². The number of hydrogen-bond donors (Lipinski definition) is 1. The molecule has 1 amide bonds. The van der Waals surface area contributed by atoms with E-state index in [0.29, 0.717) is 34.4 Å². The number of alkyl halides is 1. The summed E-state index contributed by atoms with van der Waals surface area (Å²) >= 11 is 3.29. The van der Waals surface area contributed by atoms with E-state index in [4.69, 9.17) is 10.00 Å². The van der Waals surface area contributed by atoms with Crippen molar-refractivity contribution in [2.75, 3.05) is 13.7 Å². The van der Waals surface area contributed by atoms with Crippen LogP contribution in [-0.4, -0.2) is 19.6 Å². The van der Waals surface area contributed by atoms with Gasteiger partial charge in [-0.2, -0.15) is 5.26 Å². The van der Waals surface area contributed by atoms with Crippen molar-refractivity contribution in [2.45, 2.75) is 12.3 Å². The molecular formula is C12H13BrN2O2. The summed E-state index contributed by atoms with van der Waals surface area (Å²) in [4.78, 5) is 11.7. The van der Waals surface area contributed by atoms with Crippen LogP contribution in [0.3, 0.4) is 0 Å². The summed E-state index contributed by atoms with van der Waals surface area (Å²) in [6.45, 7) is 2.34. The second kappa shape index (κ2) is 6.26. The normalized spacial score (nSPS) is 9.53. The molecule has 1 aromatic rings. The van der Waals surface area contributed by atoms with Gasteiger partial charge in [-0.3, -0.25) is 4.79 Å². The maximum atomic E-state index is 11.7. The molecule has 0 aliphatic carbocycles. The van der Waals surface area contributed by atoms with Gasteiger partial charge in [0.1, 0.15) is 5.75 Å². The molecule has 1 N–H and O–H groups in total. The van der Waals surface area contributed by atoms with E-state index in [-0.39, 0.29) is 5.91 Å². The summed E-state index contributed by atoms with van der Waals surface area (Å²) in [5.74, 6) is 0.310. The van der Waals surface area contributed by atoms with Gasteiger partial charge in [0.25, 0.3) is 5.91 Å². The zero-order valence-electron chi connectivity index (χ0n) is 9.71. The highest BCUT2D eigenvalue weighted by molar-refractivity contribution is 9.08. The zero-order valence-corrected chi connectivity index (χ0v) is 11.3. The van der Waals surface area contributed by atoms with Crippen molar-refractivity contribution < 1.29 is 9.53 Å². The van der Waals surface area contributed by atoms with Gasteiger partial charge in [-0.15, -0.1) is 0 Å². The first-order valence-electron chi connectivity index (χ1n) is 5.15. The molecule has 4 nitrogen and oxygen atoms in total. The van der Waals surface area contributed by atoms with Gasteiger partial charge in [-0.1, -0.05) is 15.9 Å². The second-order valence-corrected chi connectivity index (χ2v) is 3.82. The van der Waals surface area contributed by atoms with Gasteiger partial charge >= 0.3 is 0 Å². The Hall–Kier alpha value is -1.54. The predicted molar refractivity (Wildman–Crippen MR) is 68.3 cm³/mol. The Morgan fingerprint density at radius 1 is 1.59 bits per heavy atom. The maximum Gasteiger partial charge on any atom is 0.251 e. The van der Waals surface area contributed by atoms with Crippen molar-refractivity contribution in [3.05, 3.63) is 28.8 Å². The van der Waals surface area contributed by atoms with Crippen molar-refractivity contribution in [1.29, 1.82) is 5.26 Å². The summed E-state index contributed by atoms with van der Waals surface area (Å²) in [5, 5.41) is 12.1. The number of halogens is 1. The van der Waals surface area contributed by atoms with E-state index in [2.05, 4.69) is 27.3 Å². The summed E-state index contributed by atoms with van der Waals surface area (Å²) in [6.07, 6.45) is 0. The molecule has 0 unspecified atom stereocenters. The number of hydrogen-bond acceptors (Lipinski definition) is 3. The van der Waals surface area contributed by atoms with Crippen molar-refractivity contribution in [2.24, 2.45) is 0 Å². The van der Waals surface area contributed by atoms with Crippen LogP contribution in [0.25, 0.3) is 0 Å². The lowest BCUT2D eigenvalue weighted by Gasteiger charge is -2.11. The predicted octanol–water partition coefficient (Wildman–Crippen LogP) is 2.21. The molecule has 90 valence electrons. The van der Waals surface area contributed by atoms with E-state index in [1.165, 1.54) is 0 Å². The lowest BCUT2D eigenvalue weighted by atomic mass is 10.0. The van der Waals surface area contributed by atoms with Gasteiger partial charge in [0, 0.05) is 17.9 Å². The summed E-state index contributed by atoms with van der Waals surface area (Å²) in [6, 6.07) is 5.37. The van der Waals surface area contributed by atoms with Gasteiger partial charge in [-0.25, -0.2) is 0 Å². The third-order valence-electron chi connectivity index (χ3n) is 2.26. The van der Waals surface area contributed by atoms with Gasteiger partial charge in [-0.05, 0) is 24.6 Å². The van der Waals surface area contributed by atoms with E-state index >= 15 is 0 Å². The number of carbonyl (C=O) groups is 1. The SMILES string of the molecule is CCOc1cc(C#N)c(CBr)c(C(=O)NC)c1. The average molecular weight is 297 g/mol. The van der Waals surface area contributed by atoms with Gasteiger partial charge < -0.3 is 10.1 Å². The Morgan fingerprint density at radius 2 is 2.29 bits per heavy atom. The van der Waals surface area contributed by atoms with Crippen molar-refractivity contribution in [1.82, 2.24) is 5.32 Å². The number of nitrogens with one attached hydrogen (secondary N) is 1. The van der Waals surface area contributed by atoms with Gasteiger partial charge in [0.2, 0.25) is 0 Å². The Balaban J connectivity index is 3.38. The molecule has 0 fully saturated rings. The highest BCUT2D eigenvalue weighted by Gasteiger charge is 2.15. The van der Waals surface area contributed by atoms with E-state index in [0.717, 1.165) is 0 Å². The van der Waals surface area contributed by atoms with E-state index in [1.807, 2.05) is 6.92 Å². The minimum Gasteiger partial charge on any atom is -0.494 e. The average Bonchev–Trinajstić information content (AvgIpc) is 2.37. The van der Waals surface area contributed by atoms with Crippen LogP contribution in [0.1, 0.15) is 28.4 Å². The van der Waals surface area contributed by atoms with Crippen molar-refractivity contribution in [3.63, 3.8) is 0 Å². The summed E-state index contributed by atoms with van der Waals surface area (Å²) in [7, 11) is 1.56. The number of amides is 1. The molecule has 1 aromatic carbocycles. The molecule has 1 rings (SSSR count). The lowest BCUT2D eigenvalue weighted by Crippen LogP contribution is -2.20. The molecule has 0 spiro atoms. The number of rotatable bonds is 4. The first kappa shape index (κ1) is 13.5. The third-order valence-corrected chi connectivity index (χ3v) is 2.82. The minimum atomic E-state index is -0.225. The van der Waals surface area contributed by atoms with E-state index < -0.39 is 0 Å². The lowest BCUT2D eigenvalue weighted by molar-refractivity contribution is 0.0962. The Morgan fingerprint density at radius 3 is 2.76 bits per heavy atom. The van der Waals surface area contributed by atoms with E-state index in [9.17, 15) is 4.79 Å². The number of carbonyl (C=O) groups excluding carboxylic acids is 1. The smallest absolute Gasteiger partial charge is 0.251 e. The first-order chi connectivity index (χ1) is 8.17. The molecule has 0 aliphatic rings. The van der Waals surface area contributed by atoms with Crippen LogP contribution in [-0.2, 0) is 5.33 Å². The molecule has 0 atom stereocenters. The first-order valence-corrected chi connectivity index (χ1v) is 6.27. The number of nitrogens with zero attached hydrogens (tertiary/aromatic N) is 1. The van der Waals surface area contributed by atoms with Crippen LogP contribution in [0.2, 0.25) is 0 Å². The molecule has 0 aromatic heterocycles. The monoisotopic (exact) mass is 296 g/mol. The fraction of sp³-hybridized carbons (Fsp3) is 0.333. The van der Waals surface area contributed by atoms with Crippen LogP contribution in [0.15, 0.2) is 12.1 Å². The number of ether oxygens (including phenoxy) is 1. The highest BCUT2D eigenvalue weighted by Crippen LogP contribution is 2.24. The summed E-state index contributed by atoms with van der Waals surface area (Å²) in [5.41, 5.74) is 1.59. The van der Waals surface area contributed by atoms with Crippen LogP contribution in [0.5, 0.6) is 5.75 Å². The van der Waals surface area contributed by atoms with Crippen molar-refractivity contribution >= 4 is 21.8 Å². The third kappa shape index (κ3) is 2.98. The molecule has 0 bridgehead atoms. The van der Waals surface area contributed by atoms with Crippen LogP contribution in [0.4, 0.5) is 0 Å². The zero-order chi connectivity index (χ0) is 12.8. The van der Waals surface area contributed by atoms with Crippen molar-refractivity contribution in [3.8, 4) is 11.8 Å². The largest absolute Gasteiger partial charge is 0.494 e. The van der Waals surface area contributed by atoms with Crippen LogP contribution >= 0.6 is 15.9 Å². The minimum absolute atomic E-state index is 0.225. The second-order valence-electron chi connectivity index (χ2n) is 3.25. The van der Waals surface area contributed by atoms with Gasteiger partial charge in [0.15, 0.2) is 0 Å². The fourth-order valence-electron chi connectivity index (χ4n) is 1.48. The fourth-order valence-corrected chi connectivity index (χ4v) is 2.08.